The van der Waals surface area contributed by atoms with Crippen LogP contribution in [0.4, 0.5) is 0 Å². The molecule has 0 radical (unpaired) electrons. The Kier molecular flexibility index (Phi) is 4.77. The highest BCUT2D eigenvalue weighted by Gasteiger charge is 2.23. The summed E-state index contributed by atoms with van der Waals surface area (Å²) in [5.41, 5.74) is 0.771. The van der Waals surface area contributed by atoms with Gasteiger partial charge in [0.05, 0.1) is 11.8 Å². The van der Waals surface area contributed by atoms with Crippen molar-refractivity contribution in [3.63, 3.8) is 0 Å². The monoisotopic (exact) mass is 334 g/mol. The number of nitrogens with zero attached hydrogens (tertiary/aromatic N) is 3. The minimum absolute atomic E-state index is 0.0286. The Bertz CT molecular complexity index is 756. The van der Waals surface area contributed by atoms with Crippen molar-refractivity contribution in [1.29, 1.82) is 0 Å². The number of sulfonamides is 1. The van der Waals surface area contributed by atoms with Gasteiger partial charge < -0.3 is 4.57 Å². The van der Waals surface area contributed by atoms with Gasteiger partial charge >= 0.3 is 0 Å². The molecule has 1 aliphatic rings. The summed E-state index contributed by atoms with van der Waals surface area (Å²) in [6.45, 7) is 2.69. The number of benzene rings is 1. The first-order valence-electron chi connectivity index (χ1n) is 8.01. The zero-order chi connectivity index (χ0) is 16.3. The molecule has 2 heterocycles. The van der Waals surface area contributed by atoms with E-state index in [-0.39, 0.29) is 11.8 Å². The molecule has 1 aromatic heterocycles. The van der Waals surface area contributed by atoms with Gasteiger partial charge in [-0.05, 0) is 25.3 Å². The van der Waals surface area contributed by atoms with Gasteiger partial charge in [-0.1, -0.05) is 36.8 Å². The Balaban J connectivity index is 1.74. The van der Waals surface area contributed by atoms with Gasteiger partial charge in [0.1, 0.15) is 5.82 Å². The lowest BCUT2D eigenvalue weighted by Crippen LogP contribution is -2.30. The molecule has 0 saturated carbocycles. The van der Waals surface area contributed by atoms with E-state index >= 15 is 0 Å². The minimum atomic E-state index is -3.43. The van der Waals surface area contributed by atoms with Crippen LogP contribution in [0.2, 0.25) is 0 Å². The quantitative estimate of drug-likeness (QED) is 0.909. The van der Waals surface area contributed by atoms with Gasteiger partial charge in [0.15, 0.2) is 5.82 Å². The molecular formula is C16H22N4O2S. The molecule has 2 aromatic rings. The van der Waals surface area contributed by atoms with E-state index in [0.29, 0.717) is 5.82 Å². The minimum Gasteiger partial charge on any atom is -0.314 e. The molecule has 124 valence electrons. The second-order valence-corrected chi connectivity index (χ2v) is 7.77. The Hall–Kier alpha value is -1.73. The number of fused-ring (bicyclic) bond motifs is 1. The van der Waals surface area contributed by atoms with Crippen LogP contribution in [0, 0.1) is 0 Å². The molecule has 0 amide bonds. The number of hydrogen-bond donors (Lipinski definition) is 1. The maximum atomic E-state index is 12.4. The molecule has 3 rings (SSSR count). The third-order valence-corrected chi connectivity index (χ3v) is 5.51. The van der Waals surface area contributed by atoms with Gasteiger partial charge in [0.25, 0.3) is 0 Å². The molecule has 0 saturated heterocycles. The van der Waals surface area contributed by atoms with E-state index in [1.165, 1.54) is 6.42 Å². The highest BCUT2D eigenvalue weighted by Crippen LogP contribution is 2.19. The van der Waals surface area contributed by atoms with Crippen LogP contribution in [0.5, 0.6) is 0 Å². The van der Waals surface area contributed by atoms with Gasteiger partial charge in [-0.15, -0.1) is 10.2 Å². The lowest BCUT2D eigenvalue weighted by atomic mass is 10.2. The maximum Gasteiger partial charge on any atom is 0.216 e. The van der Waals surface area contributed by atoms with E-state index in [1.807, 2.05) is 37.3 Å². The van der Waals surface area contributed by atoms with Crippen LogP contribution in [0.15, 0.2) is 30.3 Å². The Morgan fingerprint density at radius 2 is 1.96 bits per heavy atom. The summed E-state index contributed by atoms with van der Waals surface area (Å²) in [6.07, 6.45) is 4.29. The number of aryl methyl sites for hydroxylation is 1. The molecule has 1 N–H and O–H groups in total. The molecule has 23 heavy (non-hydrogen) atoms. The predicted molar refractivity (Wildman–Crippen MR) is 88.2 cm³/mol. The molecule has 7 heteroatoms. The van der Waals surface area contributed by atoms with Crippen molar-refractivity contribution < 1.29 is 8.42 Å². The summed E-state index contributed by atoms with van der Waals surface area (Å²) in [4.78, 5) is 0. The average Bonchev–Trinajstić information content (AvgIpc) is 2.76. The van der Waals surface area contributed by atoms with Crippen molar-refractivity contribution in [2.24, 2.45) is 0 Å². The van der Waals surface area contributed by atoms with E-state index in [0.717, 1.165) is 37.2 Å². The average molecular weight is 334 g/mol. The summed E-state index contributed by atoms with van der Waals surface area (Å²) in [6, 6.07) is 8.79. The number of hydrogen-bond acceptors (Lipinski definition) is 4. The topological polar surface area (TPSA) is 76.9 Å². The van der Waals surface area contributed by atoms with Gasteiger partial charge in [-0.2, -0.15) is 0 Å². The van der Waals surface area contributed by atoms with Crippen LogP contribution >= 0.6 is 0 Å². The fourth-order valence-electron chi connectivity index (χ4n) is 2.99. The molecule has 0 spiro atoms. The van der Waals surface area contributed by atoms with Crippen LogP contribution in [0.1, 0.15) is 49.4 Å². The van der Waals surface area contributed by atoms with E-state index in [4.69, 9.17) is 0 Å². The van der Waals surface area contributed by atoms with Gasteiger partial charge in [-0.3, -0.25) is 0 Å². The van der Waals surface area contributed by atoms with Crippen molar-refractivity contribution in [2.45, 2.75) is 50.9 Å². The standard InChI is InChI=1S/C16H22N4O2S/c1-13(16-18-17-15-10-6-3-7-11-20(15)16)19-23(21,22)12-14-8-4-2-5-9-14/h2,4-5,8-9,13,19H,3,6-7,10-12H2,1H3/t13-/m1/s1. The van der Waals surface area contributed by atoms with E-state index in [1.54, 1.807) is 0 Å². The third-order valence-electron chi connectivity index (χ3n) is 4.08. The molecule has 1 atom stereocenters. The Morgan fingerprint density at radius 1 is 1.17 bits per heavy atom. The maximum absolute atomic E-state index is 12.4. The van der Waals surface area contributed by atoms with Crippen LogP contribution in [0.3, 0.4) is 0 Å². The molecule has 1 aromatic carbocycles. The summed E-state index contributed by atoms with van der Waals surface area (Å²) in [5.74, 6) is 1.64. The van der Waals surface area contributed by atoms with Gasteiger partial charge in [-0.25, -0.2) is 13.1 Å². The predicted octanol–water partition coefficient (Wildman–Crippen LogP) is 2.19. The van der Waals surface area contributed by atoms with Crippen LogP contribution in [0.25, 0.3) is 0 Å². The fourth-order valence-corrected chi connectivity index (χ4v) is 4.34. The molecule has 6 nitrogen and oxygen atoms in total. The van der Waals surface area contributed by atoms with Crippen LogP contribution in [-0.2, 0) is 28.7 Å². The summed E-state index contributed by atoms with van der Waals surface area (Å²) in [5, 5.41) is 8.45. The van der Waals surface area contributed by atoms with Crippen molar-refractivity contribution in [3.05, 3.63) is 47.5 Å². The van der Waals surface area contributed by atoms with E-state index in [9.17, 15) is 8.42 Å². The summed E-state index contributed by atoms with van der Waals surface area (Å²) < 4.78 is 29.5. The summed E-state index contributed by atoms with van der Waals surface area (Å²) >= 11 is 0. The lowest BCUT2D eigenvalue weighted by Gasteiger charge is -2.15. The van der Waals surface area contributed by atoms with Crippen molar-refractivity contribution in [2.75, 3.05) is 0 Å². The number of rotatable bonds is 5. The molecule has 0 aliphatic carbocycles. The first-order valence-corrected chi connectivity index (χ1v) is 9.66. The normalized spacial score (nSPS) is 16.6. The smallest absolute Gasteiger partial charge is 0.216 e. The molecular weight excluding hydrogens is 312 g/mol. The van der Waals surface area contributed by atoms with Crippen molar-refractivity contribution in [3.8, 4) is 0 Å². The third kappa shape index (κ3) is 3.97. The second-order valence-electron chi connectivity index (χ2n) is 6.02. The van der Waals surface area contributed by atoms with Crippen LogP contribution < -0.4 is 4.72 Å². The zero-order valence-electron chi connectivity index (χ0n) is 13.3. The largest absolute Gasteiger partial charge is 0.314 e. The van der Waals surface area contributed by atoms with Crippen LogP contribution in [-0.4, -0.2) is 23.2 Å². The number of aromatic nitrogens is 3. The highest BCUT2D eigenvalue weighted by atomic mass is 32.2. The fraction of sp³-hybridized carbons (Fsp3) is 0.500. The SMILES string of the molecule is C[C@@H](NS(=O)(=O)Cc1ccccc1)c1nnc2n1CCCCC2. The lowest BCUT2D eigenvalue weighted by molar-refractivity contribution is 0.533. The first kappa shape index (κ1) is 16.1. The Morgan fingerprint density at radius 3 is 2.74 bits per heavy atom. The van der Waals surface area contributed by atoms with Gasteiger partial charge in [0.2, 0.25) is 10.0 Å². The Labute approximate surface area is 137 Å². The van der Waals surface area contributed by atoms with E-state index in [2.05, 4.69) is 19.5 Å². The zero-order valence-corrected chi connectivity index (χ0v) is 14.1. The van der Waals surface area contributed by atoms with Crippen molar-refractivity contribution >= 4 is 10.0 Å². The number of nitrogens with one attached hydrogen (secondary N) is 1. The summed E-state index contributed by atoms with van der Waals surface area (Å²) in [7, 11) is -3.43. The first-order chi connectivity index (χ1) is 11.1. The highest BCUT2D eigenvalue weighted by molar-refractivity contribution is 7.88. The molecule has 0 unspecified atom stereocenters. The molecule has 0 bridgehead atoms. The molecule has 0 fully saturated rings. The van der Waals surface area contributed by atoms with Crippen molar-refractivity contribution in [1.82, 2.24) is 19.5 Å². The second kappa shape index (κ2) is 6.80. The van der Waals surface area contributed by atoms with Gasteiger partial charge in [0, 0.05) is 13.0 Å². The van der Waals surface area contributed by atoms with E-state index < -0.39 is 10.0 Å². The molecule has 1 aliphatic heterocycles.